The van der Waals surface area contributed by atoms with E-state index in [2.05, 4.69) is 20.5 Å². The second-order valence-electron chi connectivity index (χ2n) is 8.51. The number of hydrogen-bond donors (Lipinski definition) is 2. The molecule has 36 heavy (non-hydrogen) atoms. The molecule has 5 aromatic rings. The van der Waals surface area contributed by atoms with Gasteiger partial charge in [-0.05, 0) is 31.2 Å². The number of rotatable bonds is 6. The van der Waals surface area contributed by atoms with Crippen molar-refractivity contribution in [3.05, 3.63) is 63.3 Å². The van der Waals surface area contributed by atoms with Crippen molar-refractivity contribution in [2.75, 3.05) is 49.6 Å². The highest BCUT2D eigenvalue weighted by Crippen LogP contribution is 2.31. The molecule has 11 heteroatoms. The van der Waals surface area contributed by atoms with Crippen molar-refractivity contribution in [3.63, 3.8) is 0 Å². The van der Waals surface area contributed by atoms with Crippen molar-refractivity contribution >= 4 is 65.6 Å². The number of nitrogens with one attached hydrogen (secondary N) is 2. The summed E-state index contributed by atoms with van der Waals surface area (Å²) in [5.74, 6) is 0.412. The average Bonchev–Trinajstić information content (AvgIpc) is 3.50. The highest BCUT2D eigenvalue weighted by atomic mass is 32.1. The highest BCUT2D eigenvalue weighted by molar-refractivity contribution is 7.24. The number of fused-ring (bicyclic) bond motifs is 5. The summed E-state index contributed by atoms with van der Waals surface area (Å²) in [5.41, 5.74) is 1.33. The summed E-state index contributed by atoms with van der Waals surface area (Å²) in [6.07, 6.45) is 1.80. The van der Waals surface area contributed by atoms with Crippen molar-refractivity contribution < 1.29 is 9.53 Å². The first-order chi connectivity index (χ1) is 17.6. The Bertz CT molecular complexity index is 1650. The summed E-state index contributed by atoms with van der Waals surface area (Å²) in [6.45, 7) is 5.64. The zero-order chi connectivity index (χ0) is 24.6. The zero-order valence-electron chi connectivity index (χ0n) is 19.6. The summed E-state index contributed by atoms with van der Waals surface area (Å²) in [4.78, 5) is 40.0. The molecule has 4 aromatic heterocycles. The molecular weight excluding hydrogens is 496 g/mol. The Morgan fingerprint density at radius 1 is 1.11 bits per heavy atom. The van der Waals surface area contributed by atoms with Gasteiger partial charge in [0.05, 0.1) is 28.8 Å². The number of carbonyl (C=O) groups is 1. The Kier molecular flexibility index (Phi) is 6.04. The number of morpholine rings is 1. The highest BCUT2D eigenvalue weighted by Gasteiger charge is 2.23. The number of hydrogen-bond acceptors (Lipinski definition) is 9. The molecule has 2 N–H and O–H groups in total. The molecule has 184 valence electrons. The fourth-order valence-corrected chi connectivity index (χ4v) is 6.29. The first-order valence-electron chi connectivity index (χ1n) is 11.7. The maximum atomic E-state index is 13.6. The lowest BCUT2D eigenvalue weighted by Gasteiger charge is -2.27. The predicted octanol–water partition coefficient (Wildman–Crippen LogP) is 3.51. The third kappa shape index (κ3) is 4.08. The summed E-state index contributed by atoms with van der Waals surface area (Å²) in [6, 6.07) is 11.5. The van der Waals surface area contributed by atoms with Crippen LogP contribution in [-0.2, 0) is 4.74 Å². The number of amides is 1. The van der Waals surface area contributed by atoms with Crippen molar-refractivity contribution in [2.24, 2.45) is 0 Å². The van der Waals surface area contributed by atoms with Crippen LogP contribution in [0.15, 0.2) is 47.4 Å². The van der Waals surface area contributed by atoms with E-state index in [4.69, 9.17) is 9.72 Å². The van der Waals surface area contributed by atoms with Gasteiger partial charge in [0, 0.05) is 37.3 Å². The molecular formula is C25H24N6O3S2. The molecule has 1 aliphatic rings. The lowest BCUT2D eigenvalue weighted by Crippen LogP contribution is -2.37. The standard InChI is InChI=1S/C25H24N6O3S2/c1-15-14-28-25(35-15)27-9-8-26-23(33)20-21(32)16-6-7-19(30-10-12-34-13-11-30)29-22(16)31-17-4-2-3-5-18(17)36-24(20)31/h2-7,14H,8-13H2,1H3,(H,26,33)(H,27,28). The topological polar surface area (TPSA) is 101 Å². The lowest BCUT2D eigenvalue weighted by molar-refractivity contribution is 0.0956. The number of pyridine rings is 2. The van der Waals surface area contributed by atoms with Gasteiger partial charge in [-0.25, -0.2) is 9.97 Å². The van der Waals surface area contributed by atoms with Gasteiger partial charge >= 0.3 is 0 Å². The van der Waals surface area contributed by atoms with Crippen LogP contribution in [0.3, 0.4) is 0 Å². The number of benzene rings is 1. The van der Waals surface area contributed by atoms with Crippen LogP contribution in [0.5, 0.6) is 0 Å². The van der Waals surface area contributed by atoms with Gasteiger partial charge in [0.15, 0.2) is 10.8 Å². The van der Waals surface area contributed by atoms with Gasteiger partial charge in [-0.2, -0.15) is 0 Å². The van der Waals surface area contributed by atoms with E-state index in [0.717, 1.165) is 39.1 Å². The number of thiazole rings is 2. The van der Waals surface area contributed by atoms with Crippen molar-refractivity contribution in [3.8, 4) is 0 Å². The third-order valence-electron chi connectivity index (χ3n) is 6.14. The molecule has 1 aromatic carbocycles. The van der Waals surface area contributed by atoms with E-state index in [1.807, 2.05) is 41.7 Å². The number of nitrogens with zero attached hydrogens (tertiary/aromatic N) is 4. The second kappa shape index (κ2) is 9.49. The molecule has 1 saturated heterocycles. The largest absolute Gasteiger partial charge is 0.378 e. The Morgan fingerprint density at radius 3 is 2.75 bits per heavy atom. The maximum Gasteiger partial charge on any atom is 0.258 e. The van der Waals surface area contributed by atoms with E-state index in [0.29, 0.717) is 42.2 Å². The van der Waals surface area contributed by atoms with E-state index >= 15 is 0 Å². The predicted molar refractivity (Wildman–Crippen MR) is 145 cm³/mol. The van der Waals surface area contributed by atoms with E-state index in [9.17, 15) is 9.59 Å². The van der Waals surface area contributed by atoms with Crippen LogP contribution in [0.4, 0.5) is 10.9 Å². The summed E-state index contributed by atoms with van der Waals surface area (Å²) in [7, 11) is 0. The third-order valence-corrected chi connectivity index (χ3v) is 8.16. The number of para-hydroxylation sites is 1. The monoisotopic (exact) mass is 520 g/mol. The molecule has 0 radical (unpaired) electrons. The first kappa shape index (κ1) is 22.9. The van der Waals surface area contributed by atoms with Crippen LogP contribution in [0, 0.1) is 6.92 Å². The molecule has 0 atom stereocenters. The summed E-state index contributed by atoms with van der Waals surface area (Å²) in [5, 5.41) is 7.34. The van der Waals surface area contributed by atoms with Crippen molar-refractivity contribution in [1.29, 1.82) is 0 Å². The van der Waals surface area contributed by atoms with Crippen LogP contribution in [0.2, 0.25) is 0 Å². The minimum Gasteiger partial charge on any atom is -0.378 e. The molecule has 0 saturated carbocycles. The van der Waals surface area contributed by atoms with Gasteiger partial charge in [0.25, 0.3) is 5.91 Å². The van der Waals surface area contributed by atoms with Crippen LogP contribution in [-0.4, -0.2) is 59.7 Å². The van der Waals surface area contributed by atoms with Gasteiger partial charge in [0.2, 0.25) is 5.43 Å². The molecule has 1 aliphatic heterocycles. The SMILES string of the molecule is Cc1cnc(NCCNC(=O)c2c(=O)c3ccc(N4CCOCC4)nc3n3c2sc2ccccc23)s1. The molecule has 1 amide bonds. The van der Waals surface area contributed by atoms with Crippen molar-refractivity contribution in [2.45, 2.75) is 6.92 Å². The molecule has 5 heterocycles. The van der Waals surface area contributed by atoms with E-state index in [1.165, 1.54) is 11.3 Å². The maximum absolute atomic E-state index is 13.6. The molecule has 0 unspecified atom stereocenters. The molecule has 0 bridgehead atoms. The fraction of sp³-hybridized carbons (Fsp3) is 0.280. The summed E-state index contributed by atoms with van der Waals surface area (Å²) < 4.78 is 8.41. The smallest absolute Gasteiger partial charge is 0.258 e. The number of ether oxygens (including phenoxy) is 1. The van der Waals surface area contributed by atoms with Gasteiger partial charge in [-0.15, -0.1) is 22.7 Å². The van der Waals surface area contributed by atoms with Crippen LogP contribution >= 0.6 is 22.7 Å². The number of anilines is 2. The number of aromatic nitrogens is 3. The van der Waals surface area contributed by atoms with E-state index in [-0.39, 0.29) is 16.9 Å². The van der Waals surface area contributed by atoms with Crippen molar-refractivity contribution in [1.82, 2.24) is 19.7 Å². The van der Waals surface area contributed by atoms with Gasteiger partial charge in [-0.1, -0.05) is 12.1 Å². The molecule has 6 rings (SSSR count). The van der Waals surface area contributed by atoms with Crippen LogP contribution < -0.4 is 21.0 Å². The Hall–Kier alpha value is -3.54. The zero-order valence-corrected chi connectivity index (χ0v) is 21.2. The quantitative estimate of drug-likeness (QED) is 0.331. The Balaban J connectivity index is 1.40. The minimum atomic E-state index is -0.389. The minimum absolute atomic E-state index is 0.148. The molecule has 0 spiro atoms. The van der Waals surface area contributed by atoms with Crippen LogP contribution in [0.25, 0.3) is 26.1 Å². The fourth-order valence-electron chi connectivity index (χ4n) is 4.42. The number of carbonyl (C=O) groups excluding carboxylic acids is 1. The summed E-state index contributed by atoms with van der Waals surface area (Å²) >= 11 is 2.99. The van der Waals surface area contributed by atoms with Gasteiger partial charge < -0.3 is 20.3 Å². The average molecular weight is 521 g/mol. The van der Waals surface area contributed by atoms with E-state index in [1.54, 1.807) is 23.6 Å². The Labute approximate surface area is 214 Å². The van der Waals surface area contributed by atoms with E-state index < -0.39 is 0 Å². The van der Waals surface area contributed by atoms with Gasteiger partial charge in [-0.3, -0.25) is 14.0 Å². The lowest BCUT2D eigenvalue weighted by atomic mass is 10.1. The molecule has 9 nitrogen and oxygen atoms in total. The first-order valence-corrected chi connectivity index (χ1v) is 13.4. The Morgan fingerprint density at radius 2 is 1.94 bits per heavy atom. The molecule has 1 fully saturated rings. The van der Waals surface area contributed by atoms with Gasteiger partial charge in [0.1, 0.15) is 16.2 Å². The van der Waals surface area contributed by atoms with Crippen LogP contribution in [0.1, 0.15) is 15.2 Å². The second-order valence-corrected chi connectivity index (χ2v) is 10.8. The molecule has 0 aliphatic carbocycles. The number of aryl methyl sites for hydroxylation is 1. The normalized spacial score (nSPS) is 14.1.